The van der Waals surface area contributed by atoms with Crippen LogP contribution in [0.4, 0.5) is 11.4 Å². The molecule has 0 radical (unpaired) electrons. The number of hydrogen-bond acceptors (Lipinski definition) is 2. The van der Waals surface area contributed by atoms with E-state index in [0.717, 1.165) is 18.8 Å². The van der Waals surface area contributed by atoms with Gasteiger partial charge in [-0.05, 0) is 73.4 Å². The fraction of sp³-hybridized carbons (Fsp3) is 0.409. The van der Waals surface area contributed by atoms with E-state index in [-0.39, 0.29) is 24.0 Å². The van der Waals surface area contributed by atoms with Crippen LogP contribution in [0.15, 0.2) is 47.5 Å². The van der Waals surface area contributed by atoms with Crippen LogP contribution in [0.25, 0.3) is 0 Å². The fourth-order valence-electron chi connectivity index (χ4n) is 4.10. The Bertz CT molecular complexity index is 797. The van der Waals surface area contributed by atoms with Crippen LogP contribution in [0.5, 0.6) is 0 Å². The van der Waals surface area contributed by atoms with Crippen molar-refractivity contribution in [2.75, 3.05) is 23.3 Å². The Labute approximate surface area is 179 Å². The number of guanidine groups is 1. The highest BCUT2D eigenvalue weighted by Gasteiger charge is 2.14. The molecule has 1 aliphatic carbocycles. The summed E-state index contributed by atoms with van der Waals surface area (Å²) >= 11 is 0. The Kier molecular flexibility index (Phi) is 6.99. The van der Waals surface area contributed by atoms with Crippen molar-refractivity contribution < 1.29 is 0 Å². The van der Waals surface area contributed by atoms with E-state index in [4.69, 9.17) is 5.73 Å². The number of rotatable bonds is 4. The zero-order chi connectivity index (χ0) is 17.8. The standard InChI is InChI=1S/C22H28N4.HI/c23-22(25-20-12-11-17-8-6-9-18(17)15-20)24-16-19-7-2-3-10-21(19)26-13-4-1-5-14-26;/h2-3,7,10-12,15H,1,4-6,8-9,13-14,16H2,(H3,23,24,25);1H. The molecule has 2 aromatic carbocycles. The largest absolute Gasteiger partial charge is 0.371 e. The van der Waals surface area contributed by atoms with Crippen molar-refractivity contribution in [2.45, 2.75) is 45.1 Å². The summed E-state index contributed by atoms with van der Waals surface area (Å²) in [6.07, 6.45) is 7.53. The topological polar surface area (TPSA) is 53.6 Å². The number of aryl methyl sites for hydroxylation is 2. The summed E-state index contributed by atoms with van der Waals surface area (Å²) in [5.74, 6) is 0.483. The lowest BCUT2D eigenvalue weighted by Gasteiger charge is -2.30. The van der Waals surface area contributed by atoms with Crippen molar-refractivity contribution in [3.63, 3.8) is 0 Å². The molecule has 27 heavy (non-hydrogen) atoms. The quantitative estimate of drug-likeness (QED) is 0.382. The Hall–Kier alpha value is -1.76. The molecule has 4 rings (SSSR count). The molecule has 0 atom stereocenters. The number of hydrogen-bond donors (Lipinski definition) is 2. The first-order chi connectivity index (χ1) is 12.8. The van der Waals surface area contributed by atoms with Crippen molar-refractivity contribution in [3.8, 4) is 0 Å². The maximum Gasteiger partial charge on any atom is 0.193 e. The van der Waals surface area contributed by atoms with Crippen LogP contribution < -0.4 is 16.0 Å². The number of halogens is 1. The molecule has 3 N–H and O–H groups in total. The Morgan fingerprint density at radius 2 is 1.74 bits per heavy atom. The van der Waals surface area contributed by atoms with Gasteiger partial charge in [0, 0.05) is 24.5 Å². The minimum Gasteiger partial charge on any atom is -0.371 e. The summed E-state index contributed by atoms with van der Waals surface area (Å²) in [4.78, 5) is 7.08. The predicted octanol–water partition coefficient (Wildman–Crippen LogP) is 4.71. The van der Waals surface area contributed by atoms with Gasteiger partial charge in [0.15, 0.2) is 5.96 Å². The molecule has 5 heteroatoms. The predicted molar refractivity (Wildman–Crippen MR) is 125 cm³/mol. The number of piperidine rings is 1. The van der Waals surface area contributed by atoms with E-state index in [1.54, 1.807) is 0 Å². The minimum atomic E-state index is 0. The van der Waals surface area contributed by atoms with Crippen molar-refractivity contribution in [1.82, 2.24) is 0 Å². The molecule has 2 aliphatic rings. The average Bonchev–Trinajstić information content (AvgIpc) is 3.15. The number of nitrogens with two attached hydrogens (primary N) is 1. The molecule has 1 fully saturated rings. The monoisotopic (exact) mass is 476 g/mol. The van der Waals surface area contributed by atoms with E-state index in [9.17, 15) is 0 Å². The SMILES string of the molecule is I.NC(=NCc1ccccc1N1CCCCC1)Nc1ccc2c(c1)CCC2. The lowest BCUT2D eigenvalue weighted by molar-refractivity contribution is 0.576. The maximum absolute atomic E-state index is 6.15. The molecule has 144 valence electrons. The zero-order valence-corrected chi connectivity index (χ0v) is 18.1. The number of benzene rings is 2. The average molecular weight is 476 g/mol. The van der Waals surface area contributed by atoms with E-state index in [1.165, 1.54) is 60.9 Å². The van der Waals surface area contributed by atoms with Gasteiger partial charge in [-0.3, -0.25) is 0 Å². The van der Waals surface area contributed by atoms with Gasteiger partial charge in [0.05, 0.1) is 6.54 Å². The van der Waals surface area contributed by atoms with E-state index in [2.05, 4.69) is 57.7 Å². The van der Waals surface area contributed by atoms with Crippen LogP contribution >= 0.6 is 24.0 Å². The summed E-state index contributed by atoms with van der Waals surface area (Å²) in [6.45, 7) is 2.89. The van der Waals surface area contributed by atoms with Gasteiger partial charge in [0.1, 0.15) is 0 Å². The third-order valence-corrected chi connectivity index (χ3v) is 5.48. The molecular formula is C22H29IN4. The van der Waals surface area contributed by atoms with Gasteiger partial charge in [0.2, 0.25) is 0 Å². The molecule has 0 unspecified atom stereocenters. The summed E-state index contributed by atoms with van der Waals surface area (Å²) in [5.41, 5.74) is 12.7. The van der Waals surface area contributed by atoms with Gasteiger partial charge < -0.3 is 16.0 Å². The first kappa shape index (κ1) is 20.0. The smallest absolute Gasteiger partial charge is 0.193 e. The highest BCUT2D eigenvalue weighted by Crippen LogP contribution is 2.26. The Morgan fingerprint density at radius 1 is 0.963 bits per heavy atom. The van der Waals surface area contributed by atoms with Gasteiger partial charge in [-0.15, -0.1) is 24.0 Å². The highest BCUT2D eigenvalue weighted by atomic mass is 127. The molecule has 0 amide bonds. The van der Waals surface area contributed by atoms with E-state index >= 15 is 0 Å². The van der Waals surface area contributed by atoms with Crippen LogP contribution in [0, 0.1) is 0 Å². The molecular weight excluding hydrogens is 447 g/mol. The van der Waals surface area contributed by atoms with E-state index in [1.807, 2.05) is 0 Å². The van der Waals surface area contributed by atoms with Crippen LogP contribution in [0.2, 0.25) is 0 Å². The van der Waals surface area contributed by atoms with Crippen LogP contribution in [0.1, 0.15) is 42.4 Å². The van der Waals surface area contributed by atoms with Crippen LogP contribution in [0.3, 0.4) is 0 Å². The second kappa shape index (κ2) is 9.44. The van der Waals surface area contributed by atoms with Gasteiger partial charge >= 0.3 is 0 Å². The lowest BCUT2D eigenvalue weighted by atomic mass is 10.1. The highest BCUT2D eigenvalue weighted by molar-refractivity contribution is 14.0. The lowest BCUT2D eigenvalue weighted by Crippen LogP contribution is -2.30. The van der Waals surface area contributed by atoms with Crippen molar-refractivity contribution >= 4 is 41.3 Å². The maximum atomic E-state index is 6.15. The number of nitrogens with one attached hydrogen (secondary N) is 1. The summed E-state index contributed by atoms with van der Waals surface area (Å²) in [7, 11) is 0. The first-order valence-corrected chi connectivity index (χ1v) is 9.81. The molecule has 1 saturated heterocycles. The van der Waals surface area contributed by atoms with Crippen LogP contribution in [-0.4, -0.2) is 19.0 Å². The summed E-state index contributed by atoms with van der Waals surface area (Å²) in [6, 6.07) is 15.1. The molecule has 0 aromatic heterocycles. The Balaban J connectivity index is 0.00000210. The van der Waals surface area contributed by atoms with Crippen molar-refractivity contribution in [3.05, 3.63) is 59.2 Å². The second-order valence-electron chi connectivity index (χ2n) is 7.34. The molecule has 4 nitrogen and oxygen atoms in total. The van der Waals surface area contributed by atoms with Gasteiger partial charge in [-0.1, -0.05) is 24.3 Å². The molecule has 1 aliphatic heterocycles. The first-order valence-electron chi connectivity index (χ1n) is 9.81. The number of nitrogens with zero attached hydrogens (tertiary/aromatic N) is 2. The van der Waals surface area contributed by atoms with E-state index in [0.29, 0.717) is 12.5 Å². The summed E-state index contributed by atoms with van der Waals surface area (Å²) in [5, 5.41) is 3.26. The molecule has 1 heterocycles. The fourth-order valence-corrected chi connectivity index (χ4v) is 4.10. The van der Waals surface area contributed by atoms with E-state index < -0.39 is 0 Å². The summed E-state index contributed by atoms with van der Waals surface area (Å²) < 4.78 is 0. The number of para-hydroxylation sites is 1. The number of aliphatic imine (C=N–C) groups is 1. The van der Waals surface area contributed by atoms with Gasteiger partial charge in [-0.2, -0.15) is 0 Å². The molecule has 0 spiro atoms. The van der Waals surface area contributed by atoms with Crippen molar-refractivity contribution in [1.29, 1.82) is 0 Å². The number of fused-ring (bicyclic) bond motifs is 1. The van der Waals surface area contributed by atoms with Crippen molar-refractivity contribution in [2.24, 2.45) is 10.7 Å². The van der Waals surface area contributed by atoms with Crippen LogP contribution in [-0.2, 0) is 19.4 Å². The minimum absolute atomic E-state index is 0. The van der Waals surface area contributed by atoms with Gasteiger partial charge in [0.25, 0.3) is 0 Å². The Morgan fingerprint density at radius 3 is 2.59 bits per heavy atom. The third kappa shape index (κ3) is 4.94. The third-order valence-electron chi connectivity index (χ3n) is 5.48. The zero-order valence-electron chi connectivity index (χ0n) is 15.8. The normalized spacial score (nSPS) is 16.6. The second-order valence-corrected chi connectivity index (χ2v) is 7.34. The molecule has 2 aromatic rings. The molecule has 0 bridgehead atoms. The molecule has 0 saturated carbocycles. The number of anilines is 2. The van der Waals surface area contributed by atoms with Gasteiger partial charge in [-0.25, -0.2) is 4.99 Å².